The molecule has 32 heavy (non-hydrogen) atoms. The predicted molar refractivity (Wildman–Crippen MR) is 102 cm³/mol. The lowest BCUT2D eigenvalue weighted by atomic mass is 10.2. The molecule has 0 aromatic heterocycles. The van der Waals surface area contributed by atoms with Gasteiger partial charge in [-0.1, -0.05) is 6.42 Å². The average Bonchev–Trinajstić information content (AvgIpc) is 2.77. The molecule has 0 heterocycles. The van der Waals surface area contributed by atoms with Gasteiger partial charge in [0, 0.05) is 43.9 Å². The number of ether oxygens (including phenoxy) is 2. The van der Waals surface area contributed by atoms with Gasteiger partial charge in [0.15, 0.2) is 0 Å². The van der Waals surface area contributed by atoms with Gasteiger partial charge in [0.05, 0.1) is 13.0 Å². The molecule has 0 aromatic carbocycles. The summed E-state index contributed by atoms with van der Waals surface area (Å²) in [5.74, 6) is -4.65. The van der Waals surface area contributed by atoms with E-state index in [1.807, 2.05) is 0 Å². The second-order valence-electron chi connectivity index (χ2n) is 5.70. The molecule has 0 saturated heterocycles. The highest BCUT2D eigenvalue weighted by atomic mass is 17.2. The number of rotatable bonds is 16. The van der Waals surface area contributed by atoms with Gasteiger partial charge in [-0.3, -0.25) is 4.89 Å². The Morgan fingerprint density at radius 3 is 1.75 bits per heavy atom. The van der Waals surface area contributed by atoms with Gasteiger partial charge in [-0.25, -0.2) is 33.7 Å². The van der Waals surface area contributed by atoms with Gasteiger partial charge in [-0.05, 0) is 12.8 Å². The van der Waals surface area contributed by atoms with Gasteiger partial charge < -0.3 is 19.7 Å². The fraction of sp³-hybridized carbons (Fsp3) is 0.526. The normalized spacial score (nSPS) is 10.7. The van der Waals surface area contributed by atoms with Crippen LogP contribution in [0, 0.1) is 0 Å². The van der Waals surface area contributed by atoms with Crippen LogP contribution in [-0.4, -0.2) is 73.1 Å². The number of carbonyl (C=O) groups excluding carboxylic acids is 5. The lowest BCUT2D eigenvalue weighted by molar-refractivity contribution is -0.270. The molecule has 0 radical (unpaired) electrons. The van der Waals surface area contributed by atoms with Crippen molar-refractivity contribution < 1.29 is 63.2 Å². The summed E-state index contributed by atoms with van der Waals surface area (Å²) in [6.07, 6.45) is 4.85. The van der Waals surface area contributed by atoms with Gasteiger partial charge in [-0.15, -0.1) is 0 Å². The van der Waals surface area contributed by atoms with Crippen LogP contribution in [-0.2, 0) is 53.0 Å². The number of unbranched alkanes of at least 4 members (excludes halogenated alkanes) is 2. The fourth-order valence-electron chi connectivity index (χ4n) is 1.62. The van der Waals surface area contributed by atoms with Crippen LogP contribution in [0.15, 0.2) is 24.3 Å². The van der Waals surface area contributed by atoms with E-state index < -0.39 is 29.8 Å². The minimum Gasteiger partial charge on any atom is -0.462 e. The Labute approximate surface area is 183 Å². The average molecular weight is 462 g/mol. The van der Waals surface area contributed by atoms with E-state index in [1.54, 1.807) is 0 Å². The van der Waals surface area contributed by atoms with Crippen molar-refractivity contribution in [2.24, 2.45) is 0 Å². The standard InChI is InChI=1S/C19H26O13/c20-10-3-1-2-5-17(24)31-32-19(26)9-7-16(23)28-13-14-29-30-18(25)8-6-15(22)27-12-4-11-21/h6-9,20-21H,1-5,10-14H2/b8-6+,9-7+. The minimum atomic E-state index is -1.11. The molecule has 0 atom stereocenters. The fourth-order valence-corrected chi connectivity index (χ4v) is 1.62. The molecule has 0 amide bonds. The first-order chi connectivity index (χ1) is 15.4. The zero-order valence-corrected chi connectivity index (χ0v) is 17.3. The molecular formula is C19H26O13. The maximum Gasteiger partial charge on any atom is 0.379 e. The largest absolute Gasteiger partial charge is 0.462 e. The quantitative estimate of drug-likeness (QED) is 0.0994. The Bertz CT molecular complexity index is 654. The Kier molecular flexibility index (Phi) is 17.6. The van der Waals surface area contributed by atoms with E-state index in [9.17, 15) is 24.0 Å². The van der Waals surface area contributed by atoms with Crippen molar-refractivity contribution >= 4 is 29.8 Å². The van der Waals surface area contributed by atoms with E-state index >= 15 is 0 Å². The first-order valence-corrected chi connectivity index (χ1v) is 9.55. The van der Waals surface area contributed by atoms with Crippen LogP contribution < -0.4 is 0 Å². The molecule has 13 nitrogen and oxygen atoms in total. The Morgan fingerprint density at radius 2 is 1.12 bits per heavy atom. The van der Waals surface area contributed by atoms with Crippen LogP contribution in [0.5, 0.6) is 0 Å². The molecule has 0 unspecified atom stereocenters. The summed E-state index contributed by atoms with van der Waals surface area (Å²) in [4.78, 5) is 73.5. The summed E-state index contributed by atoms with van der Waals surface area (Å²) >= 11 is 0. The molecule has 2 N–H and O–H groups in total. The van der Waals surface area contributed by atoms with Crippen molar-refractivity contribution in [1.82, 2.24) is 0 Å². The highest BCUT2D eigenvalue weighted by Gasteiger charge is 2.08. The third kappa shape index (κ3) is 18.7. The number of carbonyl (C=O) groups is 5. The van der Waals surface area contributed by atoms with Crippen molar-refractivity contribution in [3.05, 3.63) is 24.3 Å². The molecule has 180 valence electrons. The lowest BCUT2D eigenvalue weighted by Gasteiger charge is -2.03. The van der Waals surface area contributed by atoms with Crippen molar-refractivity contribution in [3.63, 3.8) is 0 Å². The van der Waals surface area contributed by atoms with Crippen LogP contribution in [0.25, 0.3) is 0 Å². The topological polar surface area (TPSA) is 181 Å². The molecule has 0 rings (SSSR count). The Hall–Kier alpha value is -3.29. The Morgan fingerprint density at radius 1 is 0.562 bits per heavy atom. The van der Waals surface area contributed by atoms with Gasteiger partial charge in [0.2, 0.25) is 0 Å². The zero-order valence-electron chi connectivity index (χ0n) is 17.3. The molecule has 0 fully saturated rings. The van der Waals surface area contributed by atoms with Crippen LogP contribution in [0.1, 0.15) is 32.1 Å². The van der Waals surface area contributed by atoms with E-state index in [0.717, 1.165) is 12.2 Å². The molecule has 0 aliphatic heterocycles. The van der Waals surface area contributed by atoms with Crippen molar-refractivity contribution in [3.8, 4) is 0 Å². The maximum absolute atomic E-state index is 11.4. The maximum atomic E-state index is 11.4. The number of aliphatic hydroxyl groups is 2. The monoisotopic (exact) mass is 462 g/mol. The molecule has 0 spiro atoms. The van der Waals surface area contributed by atoms with E-state index in [1.165, 1.54) is 0 Å². The molecule has 0 aromatic rings. The highest BCUT2D eigenvalue weighted by Crippen LogP contribution is 2.01. The molecule has 0 aliphatic rings. The van der Waals surface area contributed by atoms with E-state index in [4.69, 9.17) is 10.2 Å². The summed E-state index contributed by atoms with van der Waals surface area (Å²) in [5, 5.41) is 17.1. The lowest BCUT2D eigenvalue weighted by Crippen LogP contribution is -2.12. The summed E-state index contributed by atoms with van der Waals surface area (Å²) in [6, 6.07) is 0. The van der Waals surface area contributed by atoms with Gasteiger partial charge >= 0.3 is 29.8 Å². The van der Waals surface area contributed by atoms with Gasteiger partial charge in [-0.2, -0.15) is 4.89 Å². The summed E-state index contributed by atoms with van der Waals surface area (Å²) in [7, 11) is 0. The van der Waals surface area contributed by atoms with E-state index in [-0.39, 0.29) is 45.9 Å². The van der Waals surface area contributed by atoms with Crippen molar-refractivity contribution in [1.29, 1.82) is 0 Å². The molecule has 0 saturated carbocycles. The SMILES string of the molecule is O=C(/C=C/C(=O)OOCCOC(=O)/C=C/C(=O)OOC(=O)CCCCCO)OCCCO. The van der Waals surface area contributed by atoms with Crippen LogP contribution >= 0.6 is 0 Å². The van der Waals surface area contributed by atoms with Gasteiger partial charge in [0.1, 0.15) is 13.2 Å². The van der Waals surface area contributed by atoms with Crippen LogP contribution in [0.2, 0.25) is 0 Å². The minimum absolute atomic E-state index is 0.0000299. The first kappa shape index (κ1) is 28.7. The molecular weight excluding hydrogens is 436 g/mol. The summed E-state index contributed by atoms with van der Waals surface area (Å²) < 4.78 is 9.27. The third-order valence-corrected chi connectivity index (χ3v) is 3.07. The van der Waals surface area contributed by atoms with Crippen LogP contribution in [0.4, 0.5) is 0 Å². The van der Waals surface area contributed by atoms with Crippen molar-refractivity contribution in [2.45, 2.75) is 32.1 Å². The van der Waals surface area contributed by atoms with Gasteiger partial charge in [0.25, 0.3) is 0 Å². The predicted octanol–water partition coefficient (Wildman–Crippen LogP) is -0.403. The second-order valence-corrected chi connectivity index (χ2v) is 5.70. The van der Waals surface area contributed by atoms with Crippen LogP contribution in [0.3, 0.4) is 0 Å². The summed E-state index contributed by atoms with van der Waals surface area (Å²) in [6.45, 7) is -0.787. The smallest absolute Gasteiger partial charge is 0.379 e. The zero-order chi connectivity index (χ0) is 24.0. The molecule has 0 bridgehead atoms. The first-order valence-electron chi connectivity index (χ1n) is 9.55. The molecule has 0 aliphatic carbocycles. The second kappa shape index (κ2) is 19.7. The molecule has 13 heteroatoms. The third-order valence-electron chi connectivity index (χ3n) is 3.07. The summed E-state index contributed by atoms with van der Waals surface area (Å²) in [5.41, 5.74) is 0. The number of hydrogen-bond acceptors (Lipinski definition) is 13. The number of aliphatic hydroxyl groups excluding tert-OH is 2. The highest BCUT2D eigenvalue weighted by molar-refractivity contribution is 5.92. The van der Waals surface area contributed by atoms with E-state index in [0.29, 0.717) is 31.4 Å². The number of esters is 2. The number of hydrogen-bond donors (Lipinski definition) is 2. The van der Waals surface area contributed by atoms with E-state index in [2.05, 4.69) is 29.0 Å². The van der Waals surface area contributed by atoms with Crippen molar-refractivity contribution in [2.75, 3.05) is 33.0 Å². The Balaban J connectivity index is 3.83.